The molecule has 0 unspecified atom stereocenters. The van der Waals surface area contributed by atoms with Gasteiger partial charge in [0.25, 0.3) is 0 Å². The van der Waals surface area contributed by atoms with Crippen molar-refractivity contribution in [3.05, 3.63) is 53.9 Å². The Morgan fingerprint density at radius 3 is 2.83 bits per heavy atom. The summed E-state index contributed by atoms with van der Waals surface area (Å²) in [7, 11) is 1.91. The first-order valence-corrected chi connectivity index (χ1v) is 5.59. The Kier molecular flexibility index (Phi) is 3.44. The van der Waals surface area contributed by atoms with Crippen LogP contribution >= 0.6 is 0 Å². The quantitative estimate of drug-likeness (QED) is 0.891. The van der Waals surface area contributed by atoms with Gasteiger partial charge >= 0.3 is 0 Å². The first-order chi connectivity index (χ1) is 8.69. The van der Waals surface area contributed by atoms with Crippen LogP contribution in [0.4, 0.5) is 5.69 Å². The lowest BCUT2D eigenvalue weighted by atomic mass is 10.2. The molecule has 0 radical (unpaired) electrons. The topological polar surface area (TPSA) is 57.8 Å². The van der Waals surface area contributed by atoms with E-state index in [1.807, 2.05) is 30.1 Å². The molecule has 2 rings (SSSR count). The van der Waals surface area contributed by atoms with E-state index in [1.165, 1.54) is 0 Å². The van der Waals surface area contributed by atoms with Crippen LogP contribution < -0.4 is 5.32 Å². The molecule has 0 aliphatic carbocycles. The van der Waals surface area contributed by atoms with Crippen molar-refractivity contribution in [3.8, 4) is 6.07 Å². The van der Waals surface area contributed by atoms with Gasteiger partial charge in [-0.1, -0.05) is 12.1 Å². The highest BCUT2D eigenvalue weighted by atomic mass is 16.1. The van der Waals surface area contributed by atoms with E-state index in [4.69, 9.17) is 5.26 Å². The number of benzene rings is 1. The maximum Gasteiger partial charge on any atom is 0.228 e. The Morgan fingerprint density at radius 1 is 1.39 bits per heavy atom. The molecular weight excluding hydrogens is 226 g/mol. The van der Waals surface area contributed by atoms with Crippen molar-refractivity contribution in [1.82, 2.24) is 4.57 Å². The van der Waals surface area contributed by atoms with E-state index in [2.05, 4.69) is 11.4 Å². The summed E-state index contributed by atoms with van der Waals surface area (Å²) in [5.41, 5.74) is 1.98. The van der Waals surface area contributed by atoms with E-state index in [0.717, 1.165) is 5.56 Å². The molecule has 0 atom stereocenters. The van der Waals surface area contributed by atoms with Crippen molar-refractivity contribution in [2.24, 2.45) is 7.05 Å². The zero-order valence-electron chi connectivity index (χ0n) is 10.1. The highest BCUT2D eigenvalue weighted by Crippen LogP contribution is 2.14. The second-order valence-corrected chi connectivity index (χ2v) is 4.07. The van der Waals surface area contributed by atoms with Crippen LogP contribution in [-0.2, 0) is 18.3 Å². The van der Waals surface area contributed by atoms with E-state index >= 15 is 0 Å². The second kappa shape index (κ2) is 5.19. The SMILES string of the molecule is Cn1ccc(CC(=O)Nc2ccccc2C#N)c1. The molecule has 0 aliphatic rings. The number of nitriles is 1. The molecule has 0 fully saturated rings. The first kappa shape index (κ1) is 11.9. The molecule has 18 heavy (non-hydrogen) atoms. The lowest BCUT2D eigenvalue weighted by Gasteiger charge is -2.05. The van der Waals surface area contributed by atoms with E-state index in [9.17, 15) is 4.79 Å². The predicted octanol–water partition coefficient (Wildman–Crippen LogP) is 2.08. The normalized spacial score (nSPS) is 9.78. The minimum absolute atomic E-state index is 0.121. The molecule has 0 spiro atoms. The van der Waals surface area contributed by atoms with Crippen LogP contribution in [0, 0.1) is 11.3 Å². The molecule has 1 N–H and O–H groups in total. The molecule has 1 aromatic heterocycles. The van der Waals surface area contributed by atoms with Crippen molar-refractivity contribution in [1.29, 1.82) is 5.26 Å². The third kappa shape index (κ3) is 2.77. The Bertz CT molecular complexity index is 607. The summed E-state index contributed by atoms with van der Waals surface area (Å²) in [4.78, 5) is 11.8. The number of hydrogen-bond donors (Lipinski definition) is 1. The number of amides is 1. The van der Waals surface area contributed by atoms with E-state index in [-0.39, 0.29) is 5.91 Å². The van der Waals surface area contributed by atoms with Gasteiger partial charge in [0.15, 0.2) is 0 Å². The van der Waals surface area contributed by atoms with Gasteiger partial charge in [0.1, 0.15) is 6.07 Å². The van der Waals surface area contributed by atoms with Crippen molar-refractivity contribution >= 4 is 11.6 Å². The van der Waals surface area contributed by atoms with Gasteiger partial charge in [-0.3, -0.25) is 4.79 Å². The lowest BCUT2D eigenvalue weighted by Crippen LogP contribution is -2.14. The number of aromatic nitrogens is 1. The van der Waals surface area contributed by atoms with Crippen LogP contribution in [0.25, 0.3) is 0 Å². The summed E-state index contributed by atoms with van der Waals surface area (Å²) in [5, 5.41) is 11.7. The number of rotatable bonds is 3. The van der Waals surface area contributed by atoms with Crippen LogP contribution in [0.3, 0.4) is 0 Å². The maximum atomic E-state index is 11.8. The minimum atomic E-state index is -0.121. The molecule has 0 saturated heterocycles. The third-order valence-corrected chi connectivity index (χ3v) is 2.58. The summed E-state index contributed by atoms with van der Waals surface area (Å²) in [6, 6.07) is 10.9. The maximum absolute atomic E-state index is 11.8. The number of para-hydroxylation sites is 1. The average molecular weight is 239 g/mol. The fourth-order valence-electron chi connectivity index (χ4n) is 1.73. The monoisotopic (exact) mass is 239 g/mol. The molecule has 1 heterocycles. The predicted molar refractivity (Wildman–Crippen MR) is 68.9 cm³/mol. The molecule has 0 saturated carbocycles. The van der Waals surface area contributed by atoms with Gasteiger partial charge in [-0.2, -0.15) is 5.26 Å². The molecule has 4 heteroatoms. The molecule has 1 aromatic carbocycles. The summed E-state index contributed by atoms with van der Waals surface area (Å²) < 4.78 is 1.89. The standard InChI is InChI=1S/C14H13N3O/c1-17-7-6-11(10-17)8-14(18)16-13-5-3-2-4-12(13)9-15/h2-7,10H,8H2,1H3,(H,16,18). The van der Waals surface area contributed by atoms with Crippen LogP contribution in [0.2, 0.25) is 0 Å². The minimum Gasteiger partial charge on any atom is -0.357 e. The van der Waals surface area contributed by atoms with Gasteiger partial charge in [0, 0.05) is 19.4 Å². The zero-order valence-corrected chi connectivity index (χ0v) is 10.1. The summed E-state index contributed by atoms with van der Waals surface area (Å²) in [5.74, 6) is -0.121. The third-order valence-electron chi connectivity index (χ3n) is 2.58. The van der Waals surface area contributed by atoms with Crippen molar-refractivity contribution in [2.75, 3.05) is 5.32 Å². The van der Waals surface area contributed by atoms with Gasteiger partial charge in [-0.05, 0) is 23.8 Å². The van der Waals surface area contributed by atoms with Crippen LogP contribution in [-0.4, -0.2) is 10.5 Å². The number of hydrogen-bond acceptors (Lipinski definition) is 2. The van der Waals surface area contributed by atoms with E-state index < -0.39 is 0 Å². The second-order valence-electron chi connectivity index (χ2n) is 4.07. The molecule has 2 aromatic rings. The van der Waals surface area contributed by atoms with Crippen molar-refractivity contribution in [2.45, 2.75) is 6.42 Å². The number of anilines is 1. The number of carbonyl (C=O) groups is 1. The Labute approximate surface area is 105 Å². The highest BCUT2D eigenvalue weighted by molar-refractivity contribution is 5.93. The number of aryl methyl sites for hydroxylation is 1. The molecular formula is C14H13N3O. The fourth-order valence-corrected chi connectivity index (χ4v) is 1.73. The molecule has 0 aliphatic heterocycles. The van der Waals surface area contributed by atoms with Gasteiger partial charge < -0.3 is 9.88 Å². The summed E-state index contributed by atoms with van der Waals surface area (Å²) in [6.45, 7) is 0. The molecule has 0 bridgehead atoms. The smallest absolute Gasteiger partial charge is 0.228 e. The van der Waals surface area contributed by atoms with Crippen molar-refractivity contribution in [3.63, 3.8) is 0 Å². The largest absolute Gasteiger partial charge is 0.357 e. The average Bonchev–Trinajstić information content (AvgIpc) is 2.75. The Balaban J connectivity index is 2.06. The summed E-state index contributed by atoms with van der Waals surface area (Å²) >= 11 is 0. The Morgan fingerprint density at radius 2 is 2.17 bits per heavy atom. The fraction of sp³-hybridized carbons (Fsp3) is 0.143. The van der Waals surface area contributed by atoms with Crippen LogP contribution in [0.5, 0.6) is 0 Å². The molecule has 4 nitrogen and oxygen atoms in total. The van der Waals surface area contributed by atoms with Crippen LogP contribution in [0.1, 0.15) is 11.1 Å². The van der Waals surface area contributed by atoms with Crippen molar-refractivity contribution < 1.29 is 4.79 Å². The van der Waals surface area contributed by atoms with Gasteiger partial charge in [0.2, 0.25) is 5.91 Å². The first-order valence-electron chi connectivity index (χ1n) is 5.59. The number of carbonyl (C=O) groups excluding carboxylic acids is 1. The lowest BCUT2D eigenvalue weighted by molar-refractivity contribution is -0.115. The van der Waals surface area contributed by atoms with Gasteiger partial charge in [-0.25, -0.2) is 0 Å². The summed E-state index contributed by atoms with van der Waals surface area (Å²) in [6.07, 6.45) is 4.10. The van der Waals surface area contributed by atoms with E-state index in [0.29, 0.717) is 17.7 Å². The van der Waals surface area contributed by atoms with Crippen LogP contribution in [0.15, 0.2) is 42.7 Å². The molecule has 1 amide bonds. The van der Waals surface area contributed by atoms with Gasteiger partial charge in [0.05, 0.1) is 17.7 Å². The zero-order chi connectivity index (χ0) is 13.0. The number of nitrogens with zero attached hydrogens (tertiary/aromatic N) is 2. The molecule has 90 valence electrons. The highest BCUT2D eigenvalue weighted by Gasteiger charge is 2.07. The number of nitrogens with one attached hydrogen (secondary N) is 1. The van der Waals surface area contributed by atoms with E-state index in [1.54, 1.807) is 24.3 Å². The Hall–Kier alpha value is -2.54. The van der Waals surface area contributed by atoms with Gasteiger partial charge in [-0.15, -0.1) is 0 Å².